The SMILES string of the molecule is COC1(C(C)C)C=CC2(O[C@H](C)C[C@H](C)O2)c2ccccc21. The third kappa shape index (κ3) is 2.23. The summed E-state index contributed by atoms with van der Waals surface area (Å²) in [5.41, 5.74) is 1.76. The van der Waals surface area contributed by atoms with Gasteiger partial charge < -0.3 is 14.2 Å². The molecule has 3 nitrogen and oxygen atoms in total. The lowest BCUT2D eigenvalue weighted by atomic mass is 9.74. The molecule has 1 fully saturated rings. The van der Waals surface area contributed by atoms with Crippen molar-refractivity contribution in [2.75, 3.05) is 7.11 Å². The van der Waals surface area contributed by atoms with Crippen molar-refractivity contribution < 1.29 is 14.2 Å². The number of fused-ring (bicyclic) bond motifs is 2. The van der Waals surface area contributed by atoms with Gasteiger partial charge in [-0.2, -0.15) is 0 Å². The van der Waals surface area contributed by atoms with Gasteiger partial charge in [-0.25, -0.2) is 0 Å². The Bertz CT molecular complexity index is 568. The maximum Gasteiger partial charge on any atom is 0.216 e. The minimum atomic E-state index is -0.787. The summed E-state index contributed by atoms with van der Waals surface area (Å²) < 4.78 is 18.5. The van der Waals surface area contributed by atoms with E-state index in [0.717, 1.165) is 17.5 Å². The first-order valence-electron chi connectivity index (χ1n) is 8.14. The maximum atomic E-state index is 6.26. The van der Waals surface area contributed by atoms with Crippen molar-refractivity contribution in [2.45, 2.75) is 57.7 Å². The highest BCUT2D eigenvalue weighted by Crippen LogP contribution is 2.49. The molecule has 120 valence electrons. The Kier molecular flexibility index (Phi) is 3.92. The van der Waals surface area contributed by atoms with Crippen molar-refractivity contribution in [2.24, 2.45) is 5.92 Å². The van der Waals surface area contributed by atoms with Gasteiger partial charge in [0.25, 0.3) is 0 Å². The van der Waals surface area contributed by atoms with Crippen molar-refractivity contribution in [3.05, 3.63) is 47.5 Å². The van der Waals surface area contributed by atoms with Crippen LogP contribution in [0.2, 0.25) is 0 Å². The lowest BCUT2D eigenvalue weighted by Crippen LogP contribution is -2.48. The number of benzene rings is 1. The topological polar surface area (TPSA) is 27.7 Å². The summed E-state index contributed by atoms with van der Waals surface area (Å²) in [7, 11) is 1.77. The van der Waals surface area contributed by atoms with Crippen molar-refractivity contribution in [3.8, 4) is 0 Å². The van der Waals surface area contributed by atoms with E-state index in [4.69, 9.17) is 14.2 Å². The summed E-state index contributed by atoms with van der Waals surface area (Å²) in [5.74, 6) is -0.476. The Morgan fingerprint density at radius 1 is 1.05 bits per heavy atom. The summed E-state index contributed by atoms with van der Waals surface area (Å²) in [6.07, 6.45) is 5.40. The van der Waals surface area contributed by atoms with Crippen LogP contribution in [0.25, 0.3) is 0 Å². The number of methoxy groups -OCH3 is 1. The van der Waals surface area contributed by atoms with E-state index in [1.165, 1.54) is 0 Å². The predicted molar refractivity (Wildman–Crippen MR) is 86.5 cm³/mol. The third-order valence-electron chi connectivity index (χ3n) is 4.89. The van der Waals surface area contributed by atoms with E-state index in [1.807, 2.05) is 12.1 Å². The molecule has 0 amide bonds. The Morgan fingerprint density at radius 2 is 1.64 bits per heavy atom. The van der Waals surface area contributed by atoms with Gasteiger partial charge in [0.2, 0.25) is 5.79 Å². The van der Waals surface area contributed by atoms with Gasteiger partial charge in [0.15, 0.2) is 0 Å². The molecule has 2 unspecified atom stereocenters. The zero-order valence-corrected chi connectivity index (χ0v) is 14.1. The van der Waals surface area contributed by atoms with Crippen LogP contribution in [0.3, 0.4) is 0 Å². The lowest BCUT2D eigenvalue weighted by Gasteiger charge is -2.48. The van der Waals surface area contributed by atoms with Gasteiger partial charge in [-0.1, -0.05) is 38.1 Å². The van der Waals surface area contributed by atoms with Gasteiger partial charge in [-0.15, -0.1) is 0 Å². The number of ether oxygens (including phenoxy) is 3. The number of hydrogen-bond acceptors (Lipinski definition) is 3. The van der Waals surface area contributed by atoms with Crippen molar-refractivity contribution >= 4 is 0 Å². The minimum Gasteiger partial charge on any atom is -0.369 e. The summed E-state index contributed by atoms with van der Waals surface area (Å²) >= 11 is 0. The molecule has 22 heavy (non-hydrogen) atoms. The van der Waals surface area contributed by atoms with Gasteiger partial charge in [-0.05, 0) is 43.9 Å². The monoisotopic (exact) mass is 302 g/mol. The largest absolute Gasteiger partial charge is 0.369 e. The number of rotatable bonds is 2. The molecule has 0 radical (unpaired) electrons. The second-order valence-corrected chi connectivity index (χ2v) is 6.79. The molecule has 0 saturated carbocycles. The van der Waals surface area contributed by atoms with E-state index in [0.29, 0.717) is 5.92 Å². The molecule has 2 aliphatic rings. The van der Waals surface area contributed by atoms with Crippen LogP contribution in [-0.2, 0) is 25.6 Å². The summed E-state index contributed by atoms with van der Waals surface area (Å²) in [6, 6.07) is 8.31. The van der Waals surface area contributed by atoms with Crippen LogP contribution < -0.4 is 0 Å². The van der Waals surface area contributed by atoms with Gasteiger partial charge in [0.1, 0.15) is 5.60 Å². The first kappa shape index (κ1) is 15.7. The Balaban J connectivity index is 2.17. The highest BCUT2D eigenvalue weighted by atomic mass is 16.7. The zero-order chi connectivity index (χ0) is 16.0. The lowest BCUT2D eigenvalue weighted by molar-refractivity contribution is -0.296. The average molecular weight is 302 g/mol. The molecule has 1 aromatic carbocycles. The molecule has 0 bridgehead atoms. The Labute approximate surface area is 133 Å². The molecule has 1 aliphatic carbocycles. The molecule has 1 spiro atoms. The molecule has 4 atom stereocenters. The van der Waals surface area contributed by atoms with Crippen LogP contribution in [0.15, 0.2) is 36.4 Å². The van der Waals surface area contributed by atoms with Gasteiger partial charge in [0.05, 0.1) is 12.2 Å². The second kappa shape index (κ2) is 5.48. The van der Waals surface area contributed by atoms with Crippen LogP contribution in [-0.4, -0.2) is 19.3 Å². The predicted octanol–water partition coefficient (Wildman–Crippen LogP) is 4.12. The van der Waals surface area contributed by atoms with E-state index >= 15 is 0 Å². The fourth-order valence-electron chi connectivity index (χ4n) is 3.85. The fourth-order valence-corrected chi connectivity index (χ4v) is 3.85. The van der Waals surface area contributed by atoms with Crippen molar-refractivity contribution in [1.29, 1.82) is 0 Å². The molecule has 1 saturated heterocycles. The molecule has 1 heterocycles. The highest BCUT2D eigenvalue weighted by Gasteiger charge is 2.49. The number of hydrogen-bond donors (Lipinski definition) is 0. The van der Waals surface area contributed by atoms with E-state index in [1.54, 1.807) is 7.11 Å². The summed E-state index contributed by atoms with van der Waals surface area (Å²) in [5, 5.41) is 0. The van der Waals surface area contributed by atoms with E-state index in [-0.39, 0.29) is 12.2 Å². The molecule has 3 rings (SSSR count). The maximum absolute atomic E-state index is 6.26. The normalized spacial score (nSPS) is 37.5. The zero-order valence-electron chi connectivity index (χ0n) is 14.1. The average Bonchev–Trinajstić information content (AvgIpc) is 2.47. The van der Waals surface area contributed by atoms with Crippen LogP contribution in [0.5, 0.6) is 0 Å². The molecular formula is C19H26O3. The summed E-state index contributed by atoms with van der Waals surface area (Å²) in [4.78, 5) is 0. The second-order valence-electron chi connectivity index (χ2n) is 6.79. The highest BCUT2D eigenvalue weighted by molar-refractivity contribution is 5.45. The van der Waals surface area contributed by atoms with Crippen molar-refractivity contribution in [3.63, 3.8) is 0 Å². The summed E-state index contributed by atoms with van der Waals surface area (Å²) in [6.45, 7) is 8.57. The Hall–Kier alpha value is -1.16. The third-order valence-corrected chi connectivity index (χ3v) is 4.89. The minimum absolute atomic E-state index is 0.163. The van der Waals surface area contributed by atoms with Crippen LogP contribution >= 0.6 is 0 Å². The standard InChI is InChI=1S/C19H26O3/c1-13(2)18(20-5)10-11-19(17-9-7-6-8-16(17)18)21-14(3)12-15(4)22-19/h6-11,13-15H,12H2,1-5H3/t14-,15+,18?,19?. The molecule has 1 aromatic rings. The molecule has 1 aliphatic heterocycles. The Morgan fingerprint density at radius 3 is 2.18 bits per heavy atom. The first-order chi connectivity index (χ1) is 10.4. The van der Waals surface area contributed by atoms with Crippen LogP contribution in [0, 0.1) is 5.92 Å². The quantitative estimate of drug-likeness (QED) is 0.769. The van der Waals surface area contributed by atoms with Crippen molar-refractivity contribution in [1.82, 2.24) is 0 Å². The fraction of sp³-hybridized carbons (Fsp3) is 0.579. The van der Waals surface area contributed by atoms with E-state index in [2.05, 4.69) is 52.0 Å². The van der Waals surface area contributed by atoms with E-state index < -0.39 is 11.4 Å². The molecular weight excluding hydrogens is 276 g/mol. The molecule has 0 aromatic heterocycles. The van der Waals surface area contributed by atoms with Gasteiger partial charge in [0, 0.05) is 12.7 Å². The van der Waals surface area contributed by atoms with Gasteiger partial charge in [-0.3, -0.25) is 0 Å². The van der Waals surface area contributed by atoms with Crippen LogP contribution in [0.1, 0.15) is 45.2 Å². The van der Waals surface area contributed by atoms with Crippen LogP contribution in [0.4, 0.5) is 0 Å². The first-order valence-corrected chi connectivity index (χ1v) is 8.14. The van der Waals surface area contributed by atoms with E-state index in [9.17, 15) is 0 Å². The van der Waals surface area contributed by atoms with Gasteiger partial charge >= 0.3 is 0 Å². The molecule has 0 N–H and O–H groups in total. The smallest absolute Gasteiger partial charge is 0.216 e. The molecule has 3 heteroatoms.